The first-order valence-electron chi connectivity index (χ1n) is 4.07. The van der Waals surface area contributed by atoms with E-state index in [0.717, 1.165) is 33.9 Å². The van der Waals surface area contributed by atoms with E-state index in [-0.39, 0.29) is 0 Å². The topological polar surface area (TPSA) is 32.6 Å². The standard InChI is InChI=1S/C10H13NOS/c1-7(2)11-10-5-4-9(13-12)6-8(10)3/h4-6,12H,1-3H3. The number of aryl methyl sites for hydroxylation is 1. The van der Waals surface area contributed by atoms with Crippen LogP contribution in [0.2, 0.25) is 0 Å². The van der Waals surface area contributed by atoms with Crippen molar-refractivity contribution in [3.8, 4) is 0 Å². The van der Waals surface area contributed by atoms with E-state index in [1.807, 2.05) is 39.0 Å². The van der Waals surface area contributed by atoms with Crippen LogP contribution in [0, 0.1) is 6.92 Å². The second-order valence-electron chi connectivity index (χ2n) is 3.10. The Morgan fingerprint density at radius 1 is 1.38 bits per heavy atom. The summed E-state index contributed by atoms with van der Waals surface area (Å²) in [6.45, 7) is 5.92. The van der Waals surface area contributed by atoms with Crippen LogP contribution in [-0.4, -0.2) is 10.3 Å². The first-order valence-corrected chi connectivity index (χ1v) is 4.85. The minimum absolute atomic E-state index is 0.762. The van der Waals surface area contributed by atoms with E-state index >= 15 is 0 Å². The SMILES string of the molecule is CC(C)=Nc1ccc(SO)cc1C. The quantitative estimate of drug-likeness (QED) is 0.577. The molecule has 0 atom stereocenters. The molecule has 13 heavy (non-hydrogen) atoms. The maximum atomic E-state index is 8.82. The molecule has 0 saturated heterocycles. The van der Waals surface area contributed by atoms with Gasteiger partial charge in [-0.3, -0.25) is 4.99 Å². The Kier molecular flexibility index (Phi) is 3.51. The molecule has 2 nitrogen and oxygen atoms in total. The predicted octanol–water partition coefficient (Wildman–Crippen LogP) is 3.67. The molecular formula is C10H13NOS. The van der Waals surface area contributed by atoms with Gasteiger partial charge in [0.15, 0.2) is 0 Å². The highest BCUT2D eigenvalue weighted by atomic mass is 32.2. The molecule has 0 unspecified atom stereocenters. The van der Waals surface area contributed by atoms with Crippen molar-refractivity contribution in [2.75, 3.05) is 0 Å². The zero-order chi connectivity index (χ0) is 9.84. The lowest BCUT2D eigenvalue weighted by Crippen LogP contribution is -1.82. The average Bonchev–Trinajstić information content (AvgIpc) is 2.08. The predicted molar refractivity (Wildman–Crippen MR) is 58.1 cm³/mol. The molecule has 0 aliphatic rings. The summed E-state index contributed by atoms with van der Waals surface area (Å²) >= 11 is 0.762. The van der Waals surface area contributed by atoms with Gasteiger partial charge in [-0.05, 0) is 44.5 Å². The Labute approximate surface area is 82.9 Å². The fraction of sp³-hybridized carbons (Fsp3) is 0.300. The third kappa shape index (κ3) is 2.86. The van der Waals surface area contributed by atoms with E-state index in [1.54, 1.807) is 0 Å². The van der Waals surface area contributed by atoms with Gasteiger partial charge in [0, 0.05) is 22.6 Å². The summed E-state index contributed by atoms with van der Waals surface area (Å²) in [6.07, 6.45) is 0. The summed E-state index contributed by atoms with van der Waals surface area (Å²) in [5.74, 6) is 0. The van der Waals surface area contributed by atoms with Gasteiger partial charge >= 0.3 is 0 Å². The normalized spacial score (nSPS) is 9.85. The molecule has 1 aromatic carbocycles. The second-order valence-corrected chi connectivity index (χ2v) is 3.75. The van der Waals surface area contributed by atoms with E-state index in [2.05, 4.69) is 4.99 Å². The van der Waals surface area contributed by atoms with Gasteiger partial charge in [0.25, 0.3) is 0 Å². The van der Waals surface area contributed by atoms with Crippen molar-refractivity contribution in [3.63, 3.8) is 0 Å². The van der Waals surface area contributed by atoms with Gasteiger partial charge in [-0.25, -0.2) is 0 Å². The van der Waals surface area contributed by atoms with Gasteiger partial charge in [0.05, 0.1) is 5.69 Å². The second kappa shape index (κ2) is 4.44. The molecule has 1 N–H and O–H groups in total. The Morgan fingerprint density at radius 3 is 2.54 bits per heavy atom. The smallest absolute Gasteiger partial charge is 0.0658 e. The molecule has 0 saturated carbocycles. The van der Waals surface area contributed by atoms with Crippen LogP contribution in [0.15, 0.2) is 28.1 Å². The van der Waals surface area contributed by atoms with Crippen molar-refractivity contribution in [1.82, 2.24) is 0 Å². The van der Waals surface area contributed by atoms with Crippen LogP contribution in [0.25, 0.3) is 0 Å². The van der Waals surface area contributed by atoms with Crippen molar-refractivity contribution in [3.05, 3.63) is 23.8 Å². The lowest BCUT2D eigenvalue weighted by Gasteiger charge is -2.02. The van der Waals surface area contributed by atoms with Crippen LogP contribution < -0.4 is 0 Å². The van der Waals surface area contributed by atoms with Crippen molar-refractivity contribution in [2.24, 2.45) is 4.99 Å². The molecule has 0 spiro atoms. The van der Waals surface area contributed by atoms with Gasteiger partial charge < -0.3 is 4.55 Å². The number of hydrogen-bond donors (Lipinski definition) is 1. The third-order valence-electron chi connectivity index (χ3n) is 1.62. The van der Waals surface area contributed by atoms with Crippen molar-refractivity contribution >= 4 is 23.4 Å². The number of hydrogen-bond acceptors (Lipinski definition) is 3. The number of benzene rings is 1. The molecule has 3 heteroatoms. The van der Waals surface area contributed by atoms with E-state index in [0.29, 0.717) is 0 Å². The summed E-state index contributed by atoms with van der Waals surface area (Å²) in [5.41, 5.74) is 3.09. The van der Waals surface area contributed by atoms with Gasteiger partial charge in [-0.15, -0.1) is 0 Å². The van der Waals surface area contributed by atoms with Crippen molar-refractivity contribution < 1.29 is 4.55 Å². The molecule has 0 aliphatic heterocycles. The van der Waals surface area contributed by atoms with Crippen LogP contribution in [0.5, 0.6) is 0 Å². The largest absolute Gasteiger partial charge is 0.325 e. The number of rotatable bonds is 2. The minimum Gasteiger partial charge on any atom is -0.325 e. The molecule has 0 heterocycles. The highest BCUT2D eigenvalue weighted by Gasteiger charge is 1.98. The molecule has 0 amide bonds. The Hall–Kier alpha value is -0.800. The zero-order valence-electron chi connectivity index (χ0n) is 8.03. The first kappa shape index (κ1) is 10.3. The molecule has 0 radical (unpaired) electrons. The zero-order valence-corrected chi connectivity index (χ0v) is 8.85. The van der Waals surface area contributed by atoms with Crippen LogP contribution in [0.4, 0.5) is 5.69 Å². The van der Waals surface area contributed by atoms with Crippen LogP contribution >= 0.6 is 12.0 Å². The van der Waals surface area contributed by atoms with Gasteiger partial charge in [-0.1, -0.05) is 0 Å². The summed E-state index contributed by atoms with van der Waals surface area (Å²) in [4.78, 5) is 5.21. The Bertz CT molecular complexity index is 330. The average molecular weight is 195 g/mol. The van der Waals surface area contributed by atoms with E-state index < -0.39 is 0 Å². The lowest BCUT2D eigenvalue weighted by molar-refractivity contribution is 0.664. The van der Waals surface area contributed by atoms with Gasteiger partial charge in [0.1, 0.15) is 0 Å². The fourth-order valence-corrected chi connectivity index (χ4v) is 1.41. The molecule has 0 aliphatic carbocycles. The molecular weight excluding hydrogens is 182 g/mol. The van der Waals surface area contributed by atoms with Gasteiger partial charge in [0.2, 0.25) is 0 Å². The Morgan fingerprint density at radius 2 is 2.08 bits per heavy atom. The van der Waals surface area contributed by atoms with Crippen LogP contribution in [0.3, 0.4) is 0 Å². The maximum absolute atomic E-state index is 8.82. The minimum atomic E-state index is 0.762. The molecule has 0 aromatic heterocycles. The van der Waals surface area contributed by atoms with Crippen molar-refractivity contribution in [2.45, 2.75) is 25.7 Å². The lowest BCUT2D eigenvalue weighted by atomic mass is 10.2. The number of nitrogens with zero attached hydrogens (tertiary/aromatic N) is 1. The monoisotopic (exact) mass is 195 g/mol. The molecule has 1 rings (SSSR count). The summed E-state index contributed by atoms with van der Waals surface area (Å²) in [5, 5.41) is 0. The summed E-state index contributed by atoms with van der Waals surface area (Å²) in [7, 11) is 0. The first-order chi connectivity index (χ1) is 6.13. The van der Waals surface area contributed by atoms with Crippen LogP contribution in [-0.2, 0) is 0 Å². The molecule has 1 aromatic rings. The number of aliphatic imine (C=N–C) groups is 1. The molecule has 70 valence electrons. The molecule has 0 fully saturated rings. The fourth-order valence-electron chi connectivity index (χ4n) is 1.05. The van der Waals surface area contributed by atoms with Crippen molar-refractivity contribution in [1.29, 1.82) is 0 Å². The third-order valence-corrected chi connectivity index (χ3v) is 2.08. The van der Waals surface area contributed by atoms with Gasteiger partial charge in [-0.2, -0.15) is 0 Å². The maximum Gasteiger partial charge on any atom is 0.0658 e. The highest BCUT2D eigenvalue weighted by Crippen LogP contribution is 2.24. The van der Waals surface area contributed by atoms with Crippen LogP contribution in [0.1, 0.15) is 19.4 Å². The van der Waals surface area contributed by atoms with E-state index in [9.17, 15) is 0 Å². The summed E-state index contributed by atoms with van der Waals surface area (Å²) in [6, 6.07) is 5.70. The van der Waals surface area contributed by atoms with E-state index in [4.69, 9.17) is 4.55 Å². The molecule has 0 bridgehead atoms. The highest BCUT2D eigenvalue weighted by molar-refractivity contribution is 7.93. The Balaban J connectivity index is 3.05. The summed E-state index contributed by atoms with van der Waals surface area (Å²) < 4.78 is 8.82. The van der Waals surface area contributed by atoms with E-state index in [1.165, 1.54) is 0 Å².